The van der Waals surface area contributed by atoms with E-state index in [0.29, 0.717) is 17.7 Å². The SMILES string of the molecule is CCC(CO)Nc1nc(Nc2ccc(C)c(SNCC3CCC(C#N)CC3)c2)ncc1Br. The molecule has 7 nitrogen and oxygen atoms in total. The number of nitrogens with one attached hydrogen (secondary N) is 3. The van der Waals surface area contributed by atoms with E-state index in [1.807, 2.05) is 13.0 Å². The molecule has 0 aliphatic heterocycles. The van der Waals surface area contributed by atoms with Gasteiger partial charge in [0.1, 0.15) is 5.82 Å². The van der Waals surface area contributed by atoms with Crippen LogP contribution in [0.2, 0.25) is 0 Å². The Morgan fingerprint density at radius 1 is 1.31 bits per heavy atom. The fourth-order valence-corrected chi connectivity index (χ4v) is 4.84. The number of halogens is 1. The predicted molar refractivity (Wildman–Crippen MR) is 134 cm³/mol. The van der Waals surface area contributed by atoms with Gasteiger partial charge in [0.2, 0.25) is 5.95 Å². The number of hydrogen-bond donors (Lipinski definition) is 4. The van der Waals surface area contributed by atoms with Gasteiger partial charge in [0.25, 0.3) is 0 Å². The van der Waals surface area contributed by atoms with Crippen molar-refractivity contribution in [2.75, 3.05) is 23.8 Å². The van der Waals surface area contributed by atoms with Crippen molar-refractivity contribution >= 4 is 45.3 Å². The molecule has 0 amide bonds. The third kappa shape index (κ3) is 7.07. The summed E-state index contributed by atoms with van der Waals surface area (Å²) in [7, 11) is 0. The molecule has 172 valence electrons. The van der Waals surface area contributed by atoms with E-state index >= 15 is 0 Å². The minimum Gasteiger partial charge on any atom is -0.394 e. The lowest BCUT2D eigenvalue weighted by Crippen LogP contribution is -2.23. The van der Waals surface area contributed by atoms with E-state index in [9.17, 15) is 5.11 Å². The van der Waals surface area contributed by atoms with E-state index in [2.05, 4.69) is 66.4 Å². The van der Waals surface area contributed by atoms with E-state index < -0.39 is 0 Å². The summed E-state index contributed by atoms with van der Waals surface area (Å²) in [4.78, 5) is 10.1. The van der Waals surface area contributed by atoms with Gasteiger partial charge in [-0.05, 0) is 90.5 Å². The Balaban J connectivity index is 1.59. The third-order valence-electron chi connectivity index (χ3n) is 5.83. The highest BCUT2D eigenvalue weighted by molar-refractivity contribution is 9.10. The summed E-state index contributed by atoms with van der Waals surface area (Å²) >= 11 is 5.12. The highest BCUT2D eigenvalue weighted by Gasteiger charge is 2.20. The van der Waals surface area contributed by atoms with Gasteiger partial charge in [0.15, 0.2) is 0 Å². The molecule has 1 unspecified atom stereocenters. The molecule has 0 spiro atoms. The molecule has 0 bridgehead atoms. The monoisotopic (exact) mass is 518 g/mol. The van der Waals surface area contributed by atoms with Gasteiger partial charge in [-0.15, -0.1) is 0 Å². The van der Waals surface area contributed by atoms with Crippen LogP contribution in [0.5, 0.6) is 0 Å². The maximum absolute atomic E-state index is 9.46. The number of nitrogens with zero attached hydrogens (tertiary/aromatic N) is 3. The maximum atomic E-state index is 9.46. The number of anilines is 3. The van der Waals surface area contributed by atoms with Crippen molar-refractivity contribution < 1.29 is 5.11 Å². The normalized spacial score (nSPS) is 19.2. The van der Waals surface area contributed by atoms with Crippen molar-refractivity contribution in [2.45, 2.75) is 56.9 Å². The van der Waals surface area contributed by atoms with Crippen LogP contribution < -0.4 is 15.4 Å². The number of aliphatic hydroxyl groups excluding tert-OH is 1. The third-order valence-corrected chi connectivity index (χ3v) is 7.38. The summed E-state index contributed by atoms with van der Waals surface area (Å²) in [5.41, 5.74) is 2.12. The first-order valence-corrected chi connectivity index (χ1v) is 12.7. The lowest BCUT2D eigenvalue weighted by molar-refractivity contribution is 0.271. The van der Waals surface area contributed by atoms with Crippen molar-refractivity contribution in [1.82, 2.24) is 14.7 Å². The predicted octanol–water partition coefficient (Wildman–Crippen LogP) is 5.40. The molecule has 1 aliphatic rings. The molecule has 4 N–H and O–H groups in total. The first kappa shape index (κ1) is 24.8. The highest BCUT2D eigenvalue weighted by atomic mass is 79.9. The van der Waals surface area contributed by atoms with Crippen LogP contribution in [0.15, 0.2) is 33.8 Å². The topological polar surface area (TPSA) is 106 Å². The second-order valence-corrected chi connectivity index (χ2v) is 10.0. The molecule has 1 aliphatic carbocycles. The number of hydrogen-bond acceptors (Lipinski definition) is 8. The zero-order valence-electron chi connectivity index (χ0n) is 18.6. The van der Waals surface area contributed by atoms with Crippen molar-refractivity contribution in [3.63, 3.8) is 0 Å². The van der Waals surface area contributed by atoms with E-state index in [1.54, 1.807) is 18.1 Å². The van der Waals surface area contributed by atoms with Crippen molar-refractivity contribution in [3.05, 3.63) is 34.4 Å². The first-order chi connectivity index (χ1) is 15.5. The zero-order valence-corrected chi connectivity index (χ0v) is 21.0. The molecule has 32 heavy (non-hydrogen) atoms. The lowest BCUT2D eigenvalue weighted by atomic mass is 9.83. The standard InChI is InChI=1S/C23H31BrN6OS/c1-3-18(14-31)28-22-20(24)13-26-23(30-22)29-19-9-4-15(2)21(10-19)32-27-12-17-7-5-16(11-25)6-8-17/h4,9-10,13,16-18,27,31H,3,5-8,12,14H2,1-2H3,(H2,26,28,29,30). The fourth-order valence-electron chi connectivity index (χ4n) is 3.65. The summed E-state index contributed by atoms with van der Waals surface area (Å²) in [5.74, 6) is 2.03. The smallest absolute Gasteiger partial charge is 0.229 e. The van der Waals surface area contributed by atoms with Crippen molar-refractivity contribution in [1.29, 1.82) is 5.26 Å². The Hall–Kier alpha value is -1.86. The quantitative estimate of drug-likeness (QED) is 0.309. The number of rotatable bonds is 10. The minimum absolute atomic E-state index is 0.0427. The van der Waals surface area contributed by atoms with Gasteiger partial charge >= 0.3 is 0 Å². The highest BCUT2D eigenvalue weighted by Crippen LogP contribution is 2.30. The summed E-state index contributed by atoms with van der Waals surface area (Å²) in [6, 6.07) is 8.54. The Morgan fingerprint density at radius 3 is 2.78 bits per heavy atom. The number of aliphatic hydroxyl groups is 1. The van der Waals surface area contributed by atoms with Crippen LogP contribution in [0.25, 0.3) is 0 Å². The van der Waals surface area contributed by atoms with Crippen LogP contribution in [0.3, 0.4) is 0 Å². The molecule has 0 saturated heterocycles. The Bertz CT molecular complexity index is 925. The molecule has 1 fully saturated rings. The second-order valence-electron chi connectivity index (χ2n) is 8.22. The molecule has 2 aromatic rings. The summed E-state index contributed by atoms with van der Waals surface area (Å²) in [6.45, 7) is 5.11. The summed E-state index contributed by atoms with van der Waals surface area (Å²) in [6.07, 6.45) is 6.79. The fraction of sp³-hybridized carbons (Fsp3) is 0.522. The Kier molecular flexibility index (Phi) is 9.60. The van der Waals surface area contributed by atoms with Crippen LogP contribution >= 0.6 is 27.9 Å². The number of nitriles is 1. The van der Waals surface area contributed by atoms with E-state index in [0.717, 1.165) is 53.7 Å². The van der Waals surface area contributed by atoms with E-state index in [1.165, 1.54) is 5.56 Å². The summed E-state index contributed by atoms with van der Waals surface area (Å²) < 4.78 is 4.27. The largest absolute Gasteiger partial charge is 0.394 e. The van der Waals surface area contributed by atoms with Crippen LogP contribution in [-0.4, -0.2) is 34.3 Å². The minimum atomic E-state index is -0.0579. The first-order valence-electron chi connectivity index (χ1n) is 11.1. The maximum Gasteiger partial charge on any atom is 0.229 e. The molecule has 1 atom stereocenters. The van der Waals surface area contributed by atoms with Crippen LogP contribution in [0, 0.1) is 30.1 Å². The molecular weight excluding hydrogens is 488 g/mol. The van der Waals surface area contributed by atoms with Gasteiger partial charge in [-0.3, -0.25) is 4.72 Å². The number of benzene rings is 1. The molecule has 3 rings (SSSR count). The molecule has 1 heterocycles. The van der Waals surface area contributed by atoms with Gasteiger partial charge < -0.3 is 15.7 Å². The Morgan fingerprint density at radius 2 is 2.09 bits per heavy atom. The Labute approximate surface area is 203 Å². The van der Waals surface area contributed by atoms with Crippen LogP contribution in [-0.2, 0) is 0 Å². The molecule has 1 aromatic carbocycles. The molecule has 0 radical (unpaired) electrons. The molecule has 1 aromatic heterocycles. The van der Waals surface area contributed by atoms with Gasteiger partial charge in [-0.25, -0.2) is 4.98 Å². The second kappa shape index (κ2) is 12.4. The van der Waals surface area contributed by atoms with Gasteiger partial charge in [-0.2, -0.15) is 10.2 Å². The van der Waals surface area contributed by atoms with Crippen molar-refractivity contribution in [2.24, 2.45) is 11.8 Å². The average Bonchev–Trinajstić information content (AvgIpc) is 2.81. The van der Waals surface area contributed by atoms with Crippen LogP contribution in [0.1, 0.15) is 44.6 Å². The van der Waals surface area contributed by atoms with Crippen molar-refractivity contribution in [3.8, 4) is 6.07 Å². The van der Waals surface area contributed by atoms with Gasteiger partial charge in [-0.1, -0.05) is 13.0 Å². The van der Waals surface area contributed by atoms with Gasteiger partial charge in [0, 0.05) is 29.2 Å². The zero-order chi connectivity index (χ0) is 22.9. The number of aromatic nitrogens is 2. The number of aryl methyl sites for hydroxylation is 1. The van der Waals surface area contributed by atoms with E-state index in [-0.39, 0.29) is 18.6 Å². The average molecular weight is 520 g/mol. The lowest BCUT2D eigenvalue weighted by Gasteiger charge is -2.24. The van der Waals surface area contributed by atoms with Crippen LogP contribution in [0.4, 0.5) is 17.5 Å². The molecular formula is C23H31BrN6OS. The van der Waals surface area contributed by atoms with E-state index in [4.69, 9.17) is 5.26 Å². The van der Waals surface area contributed by atoms with Gasteiger partial charge in [0.05, 0.1) is 23.2 Å². The summed E-state index contributed by atoms with van der Waals surface area (Å²) in [5, 5.41) is 25.0. The molecule has 1 saturated carbocycles. The molecule has 9 heteroatoms.